The Bertz CT molecular complexity index is 421. The van der Waals surface area contributed by atoms with Crippen LogP contribution in [0.2, 0.25) is 0 Å². The first-order valence-electron chi connectivity index (χ1n) is 3.87. The molecule has 0 bridgehead atoms. The first kappa shape index (κ1) is 28.6. The molecule has 0 heterocycles. The van der Waals surface area contributed by atoms with E-state index in [0.29, 0.717) is 0 Å². The minimum atomic E-state index is -4.67. The zero-order valence-electron chi connectivity index (χ0n) is 13.3. The van der Waals surface area contributed by atoms with Crippen LogP contribution in [-0.2, 0) is 24.8 Å². The number of aliphatic hydroxyl groups is 1. The molecule has 0 aromatic rings. The number of rotatable bonds is 5. The Balaban J connectivity index is -0.0000000455. The molecule has 6 N–H and O–H groups in total. The Morgan fingerprint density at radius 2 is 1.15 bits per heavy atom. The van der Waals surface area contributed by atoms with E-state index in [4.69, 9.17) is 37.9 Å². The molecule has 0 rings (SSSR count). The molecular weight excluding hydrogens is 343 g/mol. The van der Waals surface area contributed by atoms with E-state index in [2.05, 4.69) is 0 Å². The number of aliphatic carboxylic acids is 3. The van der Waals surface area contributed by atoms with Crippen molar-refractivity contribution >= 4 is 66.0 Å². The van der Waals surface area contributed by atoms with Crippen molar-refractivity contribution in [2.45, 2.75) is 18.4 Å². The van der Waals surface area contributed by atoms with Gasteiger partial charge in [-0.1, -0.05) is 0 Å². The van der Waals surface area contributed by atoms with Crippen LogP contribution in [0.4, 0.5) is 0 Å². The standard InChI is InChI=1S/C6H8O7.Ca.Na.H2O4S.3H/c7-3(8)1-6(13,5(11)12)2-4(9)10;;;1-5(2,3)4;;;/h13H,1-2H2,(H,7,8)(H,9,10)(H,11,12);;;(H2,1,2,3,4);;;/q;+2;+1;;3*-1. The molecule has 112 valence electrons. The van der Waals surface area contributed by atoms with Crippen LogP contribution < -0.4 is 29.6 Å². The van der Waals surface area contributed by atoms with Crippen molar-refractivity contribution in [3.63, 3.8) is 0 Å². The van der Waals surface area contributed by atoms with Gasteiger partial charge in [-0.2, -0.15) is 8.42 Å². The molecule has 0 aliphatic carbocycles. The minimum Gasteiger partial charge on any atom is -1.00 e. The van der Waals surface area contributed by atoms with Gasteiger partial charge in [0.15, 0.2) is 5.60 Å². The van der Waals surface area contributed by atoms with Gasteiger partial charge in [0.1, 0.15) is 0 Å². The number of hydrogen-bond acceptors (Lipinski definition) is 6. The molecular formula is C6H13CaNaO11S. The fraction of sp³-hybridized carbons (Fsp3) is 0.500. The van der Waals surface area contributed by atoms with Crippen molar-refractivity contribution in [1.29, 1.82) is 0 Å². The second kappa shape index (κ2) is 12.1. The average Bonchev–Trinajstić information content (AvgIpc) is 1.95. The molecule has 0 aliphatic heterocycles. The monoisotopic (exact) mass is 356 g/mol. The number of carboxylic acids is 3. The summed E-state index contributed by atoms with van der Waals surface area (Å²) in [6.45, 7) is 0. The SMILES string of the molecule is O=C(O)CC(O)(CC(=O)O)C(=O)O.O=S(=O)(O)O.[Ca+2].[H-].[H-].[H-].[Na+]. The molecule has 0 aromatic carbocycles. The van der Waals surface area contributed by atoms with Crippen molar-refractivity contribution in [3.05, 3.63) is 0 Å². The van der Waals surface area contributed by atoms with Crippen molar-refractivity contribution in [2.24, 2.45) is 0 Å². The van der Waals surface area contributed by atoms with Crippen LogP contribution in [0.1, 0.15) is 17.1 Å². The molecule has 0 spiro atoms. The summed E-state index contributed by atoms with van der Waals surface area (Å²) in [6, 6.07) is 0. The first-order chi connectivity index (χ1) is 7.78. The molecule has 14 heteroatoms. The van der Waals surface area contributed by atoms with E-state index in [1.165, 1.54) is 0 Å². The fourth-order valence-corrected chi connectivity index (χ4v) is 0.714. The van der Waals surface area contributed by atoms with E-state index in [0.717, 1.165) is 0 Å². The van der Waals surface area contributed by atoms with E-state index in [9.17, 15) is 14.4 Å². The van der Waals surface area contributed by atoms with E-state index < -0.39 is 46.7 Å². The minimum absolute atomic E-state index is 0. The Kier molecular flexibility index (Phi) is 17.3. The molecule has 0 fully saturated rings. The quantitative estimate of drug-likeness (QED) is 0.203. The van der Waals surface area contributed by atoms with Crippen LogP contribution in [0.3, 0.4) is 0 Å². The van der Waals surface area contributed by atoms with Gasteiger partial charge in [-0.15, -0.1) is 0 Å². The van der Waals surface area contributed by atoms with E-state index >= 15 is 0 Å². The largest absolute Gasteiger partial charge is 2.00 e. The maximum atomic E-state index is 10.3. The van der Waals surface area contributed by atoms with Crippen LogP contribution in [0, 0.1) is 0 Å². The van der Waals surface area contributed by atoms with Gasteiger partial charge in [-0.3, -0.25) is 18.7 Å². The number of carboxylic acid groups (broad SMARTS) is 3. The molecule has 11 nitrogen and oxygen atoms in total. The Morgan fingerprint density at radius 1 is 0.950 bits per heavy atom. The van der Waals surface area contributed by atoms with Gasteiger partial charge < -0.3 is 24.7 Å². The van der Waals surface area contributed by atoms with Crippen LogP contribution in [0.5, 0.6) is 0 Å². The van der Waals surface area contributed by atoms with Gasteiger partial charge in [0.2, 0.25) is 0 Å². The summed E-state index contributed by atoms with van der Waals surface area (Å²) in [5.74, 6) is -5.02. The van der Waals surface area contributed by atoms with Gasteiger partial charge in [-0.05, 0) is 0 Å². The first-order valence-corrected chi connectivity index (χ1v) is 5.27. The molecule has 20 heavy (non-hydrogen) atoms. The Labute approximate surface area is 169 Å². The zero-order valence-corrected chi connectivity index (χ0v) is 15.3. The van der Waals surface area contributed by atoms with E-state index in [1.54, 1.807) is 0 Å². The number of hydrogen-bond donors (Lipinski definition) is 6. The molecule has 0 saturated heterocycles. The summed E-state index contributed by atoms with van der Waals surface area (Å²) < 4.78 is 31.6. The van der Waals surface area contributed by atoms with Gasteiger partial charge in [-0.25, -0.2) is 4.79 Å². The van der Waals surface area contributed by atoms with Crippen molar-refractivity contribution in [3.8, 4) is 0 Å². The van der Waals surface area contributed by atoms with Gasteiger partial charge >= 0.3 is 95.6 Å². The van der Waals surface area contributed by atoms with Crippen LogP contribution in [-0.4, -0.2) is 99.2 Å². The molecule has 0 amide bonds. The van der Waals surface area contributed by atoms with Crippen molar-refractivity contribution in [1.82, 2.24) is 0 Å². The second-order valence-corrected chi connectivity index (χ2v) is 3.82. The van der Waals surface area contributed by atoms with Gasteiger partial charge in [0, 0.05) is 0 Å². The summed E-state index contributed by atoms with van der Waals surface area (Å²) >= 11 is 0. The number of carbonyl (C=O) groups is 3. The normalized spacial score (nSPS) is 9.95. The summed E-state index contributed by atoms with van der Waals surface area (Å²) in [5.41, 5.74) is -2.74. The van der Waals surface area contributed by atoms with Crippen LogP contribution >= 0.6 is 0 Å². The average molecular weight is 356 g/mol. The molecule has 0 atom stereocenters. The molecule has 0 saturated carbocycles. The second-order valence-electron chi connectivity index (χ2n) is 2.93. The summed E-state index contributed by atoms with van der Waals surface area (Å²) in [6.07, 6.45) is -2.29. The van der Waals surface area contributed by atoms with Crippen LogP contribution in [0.25, 0.3) is 0 Å². The predicted octanol–water partition coefficient (Wildman–Crippen LogP) is -4.94. The van der Waals surface area contributed by atoms with Crippen LogP contribution in [0.15, 0.2) is 0 Å². The third-order valence-corrected chi connectivity index (χ3v) is 1.29. The maximum Gasteiger partial charge on any atom is 2.00 e. The van der Waals surface area contributed by atoms with Gasteiger partial charge in [0.05, 0.1) is 12.8 Å². The fourth-order valence-electron chi connectivity index (χ4n) is 0.714. The molecule has 0 unspecified atom stereocenters. The van der Waals surface area contributed by atoms with Gasteiger partial charge in [0.25, 0.3) is 0 Å². The van der Waals surface area contributed by atoms with E-state index in [1.807, 2.05) is 0 Å². The molecule has 0 radical (unpaired) electrons. The molecule has 0 aromatic heterocycles. The predicted molar refractivity (Wildman–Crippen MR) is 60.4 cm³/mol. The third kappa shape index (κ3) is 20.8. The third-order valence-electron chi connectivity index (χ3n) is 1.29. The summed E-state index contributed by atoms with van der Waals surface area (Å²) in [4.78, 5) is 30.5. The van der Waals surface area contributed by atoms with Crippen molar-refractivity contribution in [2.75, 3.05) is 0 Å². The molecule has 0 aliphatic rings. The zero-order chi connectivity index (χ0) is 15.1. The maximum absolute atomic E-state index is 10.3. The topological polar surface area (TPSA) is 207 Å². The summed E-state index contributed by atoms with van der Waals surface area (Å²) in [7, 11) is -4.67. The summed E-state index contributed by atoms with van der Waals surface area (Å²) in [5, 5.41) is 33.8. The Hall–Kier alpha value is 0.500. The van der Waals surface area contributed by atoms with Crippen molar-refractivity contribution < 1.29 is 86.2 Å². The Morgan fingerprint density at radius 3 is 1.25 bits per heavy atom. The smallest absolute Gasteiger partial charge is 1.00 e. The van der Waals surface area contributed by atoms with E-state index in [-0.39, 0.29) is 71.6 Å².